The summed E-state index contributed by atoms with van der Waals surface area (Å²) in [6.07, 6.45) is 0. The maximum atomic E-state index is 11.8. The molecule has 0 saturated carbocycles. The highest BCUT2D eigenvalue weighted by Crippen LogP contribution is 2.12. The summed E-state index contributed by atoms with van der Waals surface area (Å²) in [4.78, 5) is 24.2. The van der Waals surface area contributed by atoms with Crippen molar-refractivity contribution in [2.45, 2.75) is 19.5 Å². The maximum Gasteiger partial charge on any atom is 0.239 e. The Balaban J connectivity index is 2.81. The first-order valence-electron chi connectivity index (χ1n) is 5.47. The van der Waals surface area contributed by atoms with E-state index in [1.807, 2.05) is 24.3 Å². The van der Waals surface area contributed by atoms with E-state index in [9.17, 15) is 9.59 Å². The summed E-state index contributed by atoms with van der Waals surface area (Å²) in [5.41, 5.74) is 11.6. The number of benzene rings is 1. The van der Waals surface area contributed by atoms with Crippen molar-refractivity contribution >= 4 is 27.7 Å². The molecular weight excluding hydrogens is 298 g/mol. The van der Waals surface area contributed by atoms with Crippen LogP contribution in [0.3, 0.4) is 0 Å². The van der Waals surface area contributed by atoms with Crippen LogP contribution in [-0.2, 0) is 16.1 Å². The van der Waals surface area contributed by atoms with Gasteiger partial charge >= 0.3 is 0 Å². The van der Waals surface area contributed by atoms with Gasteiger partial charge in [0.2, 0.25) is 11.8 Å². The minimum atomic E-state index is -0.653. The Morgan fingerprint density at radius 1 is 1.33 bits per heavy atom. The zero-order valence-electron chi connectivity index (χ0n) is 10.1. The number of hydrogen-bond acceptors (Lipinski definition) is 3. The molecule has 0 aliphatic rings. The highest BCUT2D eigenvalue weighted by molar-refractivity contribution is 9.10. The van der Waals surface area contributed by atoms with E-state index >= 15 is 0 Å². The van der Waals surface area contributed by atoms with E-state index in [-0.39, 0.29) is 12.5 Å². The van der Waals surface area contributed by atoms with Crippen LogP contribution in [0.15, 0.2) is 28.7 Å². The second-order valence-electron chi connectivity index (χ2n) is 4.08. The Bertz CT molecular complexity index is 431. The standard InChI is InChI=1S/C12H16BrN3O2/c1-8(14)12(18)16(7-11(15)17)6-9-2-4-10(13)5-3-9/h2-5,8H,6-7,14H2,1H3,(H2,15,17). The number of primary amides is 1. The van der Waals surface area contributed by atoms with E-state index < -0.39 is 11.9 Å². The Labute approximate surface area is 114 Å². The van der Waals surface area contributed by atoms with Gasteiger partial charge in [-0.05, 0) is 24.6 Å². The quantitative estimate of drug-likeness (QED) is 0.834. The lowest BCUT2D eigenvalue weighted by Gasteiger charge is -2.23. The number of nitrogens with zero attached hydrogens (tertiary/aromatic N) is 1. The third-order valence-corrected chi connectivity index (χ3v) is 2.86. The summed E-state index contributed by atoms with van der Waals surface area (Å²) in [7, 11) is 0. The molecule has 0 aliphatic heterocycles. The molecular formula is C12H16BrN3O2. The Kier molecular flexibility index (Phi) is 5.30. The average Bonchev–Trinajstić information content (AvgIpc) is 2.29. The van der Waals surface area contributed by atoms with Crippen molar-refractivity contribution in [3.8, 4) is 0 Å². The van der Waals surface area contributed by atoms with Gasteiger partial charge < -0.3 is 16.4 Å². The van der Waals surface area contributed by atoms with E-state index in [2.05, 4.69) is 15.9 Å². The molecule has 0 aromatic heterocycles. The third kappa shape index (κ3) is 4.46. The van der Waals surface area contributed by atoms with E-state index in [4.69, 9.17) is 11.5 Å². The van der Waals surface area contributed by atoms with Gasteiger partial charge in [-0.25, -0.2) is 0 Å². The summed E-state index contributed by atoms with van der Waals surface area (Å²) in [6, 6.07) is 6.82. The predicted octanol–water partition coefficient (Wildman–Crippen LogP) is 0.610. The molecule has 4 N–H and O–H groups in total. The lowest BCUT2D eigenvalue weighted by molar-refractivity contribution is -0.136. The van der Waals surface area contributed by atoms with Crippen LogP contribution in [0.25, 0.3) is 0 Å². The van der Waals surface area contributed by atoms with E-state index in [1.54, 1.807) is 6.92 Å². The molecule has 0 aliphatic carbocycles. The maximum absolute atomic E-state index is 11.8. The van der Waals surface area contributed by atoms with Crippen molar-refractivity contribution in [3.05, 3.63) is 34.3 Å². The van der Waals surface area contributed by atoms with Crippen LogP contribution in [0, 0.1) is 0 Å². The van der Waals surface area contributed by atoms with Gasteiger partial charge in [-0.3, -0.25) is 9.59 Å². The van der Waals surface area contributed by atoms with Crippen molar-refractivity contribution in [3.63, 3.8) is 0 Å². The van der Waals surface area contributed by atoms with Crippen molar-refractivity contribution in [2.75, 3.05) is 6.54 Å². The SMILES string of the molecule is CC(N)C(=O)N(CC(N)=O)Cc1ccc(Br)cc1. The zero-order chi connectivity index (χ0) is 13.7. The highest BCUT2D eigenvalue weighted by Gasteiger charge is 2.19. The van der Waals surface area contributed by atoms with Gasteiger partial charge in [-0.2, -0.15) is 0 Å². The van der Waals surface area contributed by atoms with Crippen LogP contribution in [0.2, 0.25) is 0 Å². The fourth-order valence-electron chi connectivity index (χ4n) is 1.50. The second-order valence-corrected chi connectivity index (χ2v) is 4.99. The fraction of sp³-hybridized carbons (Fsp3) is 0.333. The summed E-state index contributed by atoms with van der Waals surface area (Å²) in [5, 5.41) is 0. The minimum absolute atomic E-state index is 0.129. The largest absolute Gasteiger partial charge is 0.368 e. The van der Waals surface area contributed by atoms with Gasteiger partial charge in [0.15, 0.2) is 0 Å². The fourth-order valence-corrected chi connectivity index (χ4v) is 1.76. The molecule has 18 heavy (non-hydrogen) atoms. The molecule has 1 unspecified atom stereocenters. The third-order valence-electron chi connectivity index (χ3n) is 2.33. The van der Waals surface area contributed by atoms with Crippen molar-refractivity contribution in [2.24, 2.45) is 11.5 Å². The first kappa shape index (κ1) is 14.7. The van der Waals surface area contributed by atoms with Gasteiger partial charge in [0.1, 0.15) is 0 Å². The second kappa shape index (κ2) is 6.51. The summed E-state index contributed by atoms with van der Waals surface area (Å²) in [5.74, 6) is -0.849. The van der Waals surface area contributed by atoms with Crippen LogP contribution in [0.1, 0.15) is 12.5 Å². The van der Waals surface area contributed by atoms with Crippen molar-refractivity contribution in [1.29, 1.82) is 0 Å². The summed E-state index contributed by atoms with van der Waals surface area (Å²) < 4.78 is 0.950. The average molecular weight is 314 g/mol. The number of carbonyl (C=O) groups excluding carboxylic acids is 2. The highest BCUT2D eigenvalue weighted by atomic mass is 79.9. The van der Waals surface area contributed by atoms with E-state index in [1.165, 1.54) is 4.90 Å². The molecule has 1 rings (SSSR count). The van der Waals surface area contributed by atoms with Crippen LogP contribution < -0.4 is 11.5 Å². The zero-order valence-corrected chi connectivity index (χ0v) is 11.7. The molecule has 0 spiro atoms. The van der Waals surface area contributed by atoms with Crippen LogP contribution in [0.5, 0.6) is 0 Å². The Hall–Kier alpha value is -1.40. The molecule has 0 fully saturated rings. The van der Waals surface area contributed by atoms with Gasteiger partial charge in [0.25, 0.3) is 0 Å². The Morgan fingerprint density at radius 2 is 1.89 bits per heavy atom. The van der Waals surface area contributed by atoms with Crippen molar-refractivity contribution < 1.29 is 9.59 Å². The lowest BCUT2D eigenvalue weighted by Crippen LogP contribution is -2.45. The summed E-state index contributed by atoms with van der Waals surface area (Å²) >= 11 is 3.33. The van der Waals surface area contributed by atoms with E-state index in [0.29, 0.717) is 6.54 Å². The molecule has 1 aromatic carbocycles. The number of hydrogen-bond donors (Lipinski definition) is 2. The molecule has 1 aromatic rings. The monoisotopic (exact) mass is 313 g/mol. The molecule has 2 amide bonds. The first-order valence-corrected chi connectivity index (χ1v) is 6.26. The van der Waals surface area contributed by atoms with Crippen LogP contribution in [0.4, 0.5) is 0 Å². The molecule has 0 bridgehead atoms. The smallest absolute Gasteiger partial charge is 0.239 e. The molecule has 1 atom stereocenters. The molecule has 5 nitrogen and oxygen atoms in total. The van der Waals surface area contributed by atoms with Gasteiger partial charge in [0.05, 0.1) is 12.6 Å². The van der Waals surface area contributed by atoms with Crippen LogP contribution >= 0.6 is 15.9 Å². The molecule has 6 heteroatoms. The van der Waals surface area contributed by atoms with Gasteiger partial charge in [0, 0.05) is 11.0 Å². The number of halogens is 1. The van der Waals surface area contributed by atoms with E-state index in [0.717, 1.165) is 10.0 Å². The molecule has 98 valence electrons. The molecule has 0 radical (unpaired) electrons. The van der Waals surface area contributed by atoms with Crippen molar-refractivity contribution in [1.82, 2.24) is 4.90 Å². The number of amides is 2. The summed E-state index contributed by atoms with van der Waals surface area (Å²) in [6.45, 7) is 1.77. The lowest BCUT2D eigenvalue weighted by atomic mass is 10.2. The normalized spacial score (nSPS) is 11.9. The molecule has 0 saturated heterocycles. The van der Waals surface area contributed by atoms with Crippen LogP contribution in [-0.4, -0.2) is 29.3 Å². The first-order chi connectivity index (χ1) is 8.40. The van der Waals surface area contributed by atoms with Gasteiger partial charge in [-0.1, -0.05) is 28.1 Å². The molecule has 0 heterocycles. The topological polar surface area (TPSA) is 89.4 Å². The number of rotatable bonds is 5. The predicted molar refractivity (Wildman–Crippen MR) is 72.4 cm³/mol. The minimum Gasteiger partial charge on any atom is -0.368 e. The number of nitrogens with two attached hydrogens (primary N) is 2. The number of carbonyl (C=O) groups is 2. The van der Waals surface area contributed by atoms with Gasteiger partial charge in [-0.15, -0.1) is 0 Å². The Morgan fingerprint density at radius 3 is 2.33 bits per heavy atom.